The summed E-state index contributed by atoms with van der Waals surface area (Å²) in [5.74, 6) is 2.34. The van der Waals surface area contributed by atoms with Crippen molar-refractivity contribution in [1.29, 1.82) is 0 Å². The molecule has 428 valence electrons. The minimum absolute atomic E-state index is 0. The highest BCUT2D eigenvalue weighted by molar-refractivity contribution is 9.10. The van der Waals surface area contributed by atoms with E-state index in [1.54, 1.807) is 50.4 Å². The van der Waals surface area contributed by atoms with Crippen LogP contribution in [0.1, 0.15) is 127 Å². The summed E-state index contributed by atoms with van der Waals surface area (Å²) in [4.78, 5) is 78.5. The maximum Gasteiger partial charge on any atom is 0.295 e. The van der Waals surface area contributed by atoms with Gasteiger partial charge in [0.25, 0.3) is 11.1 Å². The standard InChI is InChI=1S/C26H30N8O4S.C18H20ClN6O3S.C8H9BrN2O.CH4/c1-5-15(3)34-24-19(13-29-22(33-24)20-21(16-7-8-16)30-14-31-25(20)38-4)32-23(26(34)35)28-11-17-9-10-18(12-27-17)39(36,37)6-2;1-4-11(3)25-16-14(10-22-18(19)24-16)23-15(17(25)26)21-8-12-6-7-13(9-20-12)29(27,28)5-2;1-12-8-6(9)7(5-2-3-5)10-4-11-8;/h9-10,12-16H,5-8,11H2,1-4H3,(H,28,32);6-7,9-11H,2,4-5,8H2,1,3H3,(H,21,23);4-5H,2-3H2,1H3;1H4/q;+1;;/t15-;11-;;/m11../s1. The van der Waals surface area contributed by atoms with E-state index >= 15 is 0 Å². The number of rotatable bonds is 19. The highest BCUT2D eigenvalue weighted by atomic mass is 79.9. The van der Waals surface area contributed by atoms with Gasteiger partial charge in [0.05, 0.1) is 84.9 Å². The smallest absolute Gasteiger partial charge is 0.295 e. The highest BCUT2D eigenvalue weighted by Gasteiger charge is 2.32. The number of nitrogens with zero attached hydrogens (tertiary/aromatic N) is 14. The van der Waals surface area contributed by atoms with Gasteiger partial charge in [-0.3, -0.25) is 28.7 Å². The van der Waals surface area contributed by atoms with Crippen molar-refractivity contribution < 1.29 is 26.3 Å². The summed E-state index contributed by atoms with van der Waals surface area (Å²) in [5, 5.41) is 6.07. The van der Waals surface area contributed by atoms with E-state index in [9.17, 15) is 26.4 Å². The van der Waals surface area contributed by atoms with Crippen molar-refractivity contribution in [2.24, 2.45) is 0 Å². The number of nitrogens with one attached hydrogen (secondary N) is 2. The van der Waals surface area contributed by atoms with E-state index in [1.165, 1.54) is 54.5 Å². The van der Waals surface area contributed by atoms with Crippen molar-refractivity contribution in [3.05, 3.63) is 122 Å². The number of fused-ring (bicyclic) bond motifs is 2. The fourth-order valence-corrected chi connectivity index (χ4v) is 10.5. The number of pyridine rings is 2. The number of aromatic nitrogens is 14. The second-order valence-electron chi connectivity index (χ2n) is 18.7. The molecule has 2 atom stereocenters. The summed E-state index contributed by atoms with van der Waals surface area (Å²) in [6.45, 7) is 13.2. The van der Waals surface area contributed by atoms with Gasteiger partial charge in [-0.25, -0.2) is 61.7 Å². The van der Waals surface area contributed by atoms with Gasteiger partial charge in [-0.05, 0) is 104 Å². The van der Waals surface area contributed by atoms with Gasteiger partial charge in [-0.2, -0.15) is 4.98 Å². The van der Waals surface area contributed by atoms with Crippen molar-refractivity contribution >= 4 is 81.2 Å². The van der Waals surface area contributed by atoms with Crippen molar-refractivity contribution in [3.8, 4) is 23.1 Å². The Hall–Kier alpha value is -7.36. The zero-order chi connectivity index (χ0) is 57.5. The Morgan fingerprint density at radius 3 is 1.60 bits per heavy atom. The zero-order valence-electron chi connectivity index (χ0n) is 45.0. The number of ether oxygens (including phenoxy) is 2. The van der Waals surface area contributed by atoms with Crippen molar-refractivity contribution in [2.45, 2.75) is 127 Å². The molecular formula is C53H63BrClN16O8S2+. The summed E-state index contributed by atoms with van der Waals surface area (Å²) < 4.78 is 62.4. The molecule has 2 aliphatic rings. The molecular weight excluding hydrogens is 1170 g/mol. The average molecular weight is 1230 g/mol. The molecule has 8 heterocycles. The van der Waals surface area contributed by atoms with Crippen LogP contribution in [-0.2, 0) is 32.8 Å². The van der Waals surface area contributed by atoms with Gasteiger partial charge in [0.2, 0.25) is 26.9 Å². The van der Waals surface area contributed by atoms with Gasteiger partial charge in [-0.15, -0.1) is 0 Å². The van der Waals surface area contributed by atoms with E-state index in [0.29, 0.717) is 81.5 Å². The molecule has 0 radical (unpaired) electrons. The number of halogens is 2. The molecule has 2 fully saturated rings. The molecule has 28 heteroatoms. The summed E-state index contributed by atoms with van der Waals surface area (Å²) in [5.41, 5.74) is 4.67. The van der Waals surface area contributed by atoms with E-state index < -0.39 is 19.7 Å². The van der Waals surface area contributed by atoms with Crippen LogP contribution in [0.15, 0.2) is 85.6 Å². The van der Waals surface area contributed by atoms with Gasteiger partial charge in [-0.1, -0.05) is 28.2 Å². The van der Waals surface area contributed by atoms with Crippen LogP contribution >= 0.6 is 27.5 Å². The third-order valence-electron chi connectivity index (χ3n) is 13.3. The predicted molar refractivity (Wildman–Crippen MR) is 311 cm³/mol. The topological polar surface area (TPSA) is 309 Å². The SMILES string of the molecule is C.CC[C@@H](C)n1c(=O)c(NCc2ccc(S(=O)(=O)CC)cn2)nc2cnc(-c3c(OC)ncnc3C3CC3)nc21.COc1ncnc(C2CC2)c1Br.[CH2+]CS(=O)(=O)c1ccc(CNc2nc3cnc(Cl)nc3n([C@H](C)CC)c2=O)nc1. The minimum Gasteiger partial charge on any atom is -0.480 e. The van der Waals surface area contributed by atoms with Crippen molar-refractivity contribution in [2.75, 3.05) is 36.4 Å². The molecule has 0 unspecified atom stereocenters. The molecule has 2 N–H and O–H groups in total. The maximum atomic E-state index is 13.6. The first kappa shape index (κ1) is 61.3. The number of hydrogen-bond donors (Lipinski definition) is 2. The van der Waals surface area contributed by atoms with Gasteiger partial charge in [0.1, 0.15) is 33.7 Å². The summed E-state index contributed by atoms with van der Waals surface area (Å²) in [7, 11) is -3.60. The molecule has 0 aliphatic heterocycles. The molecule has 0 aromatic carbocycles. The number of sulfone groups is 2. The first-order valence-corrected chi connectivity index (χ1v) is 30.1. The summed E-state index contributed by atoms with van der Waals surface area (Å²) in [6, 6.07) is 5.88. The largest absolute Gasteiger partial charge is 0.480 e. The Kier molecular flexibility index (Phi) is 20.0. The monoisotopic (exact) mass is 1230 g/mol. The predicted octanol–water partition coefficient (Wildman–Crippen LogP) is 8.49. The van der Waals surface area contributed by atoms with E-state index in [0.717, 1.165) is 28.7 Å². The van der Waals surface area contributed by atoms with Gasteiger partial charge >= 0.3 is 0 Å². The molecule has 0 spiro atoms. The fourth-order valence-electron chi connectivity index (χ4n) is 8.11. The Bertz CT molecular complexity index is 3890. The minimum atomic E-state index is -3.42. The molecule has 81 heavy (non-hydrogen) atoms. The first-order valence-electron chi connectivity index (χ1n) is 25.7. The summed E-state index contributed by atoms with van der Waals surface area (Å²) >= 11 is 9.32. The van der Waals surface area contributed by atoms with Crippen LogP contribution in [0.4, 0.5) is 11.6 Å². The van der Waals surface area contributed by atoms with E-state index in [2.05, 4.69) is 88.3 Å². The maximum absolute atomic E-state index is 13.6. The second kappa shape index (κ2) is 26.5. The van der Waals surface area contributed by atoms with E-state index in [-0.39, 0.29) is 81.9 Å². The Labute approximate surface area is 482 Å². The average Bonchev–Trinajstić information content (AvgIpc) is 4.56. The van der Waals surface area contributed by atoms with Crippen LogP contribution in [0.25, 0.3) is 33.7 Å². The van der Waals surface area contributed by atoms with Gasteiger partial charge < -0.3 is 20.1 Å². The number of methoxy groups -OCH3 is 2. The molecule has 8 aromatic heterocycles. The lowest BCUT2D eigenvalue weighted by Crippen LogP contribution is -2.28. The van der Waals surface area contributed by atoms with Crippen LogP contribution in [0.2, 0.25) is 5.28 Å². The molecule has 24 nitrogen and oxygen atoms in total. The third kappa shape index (κ3) is 14.0. The quantitative estimate of drug-likeness (QED) is 0.0566. The second-order valence-corrected chi connectivity index (χ2v) is 24.2. The van der Waals surface area contributed by atoms with Crippen LogP contribution in [0.5, 0.6) is 11.8 Å². The third-order valence-corrected chi connectivity index (χ3v) is 17.4. The molecule has 0 amide bonds. The van der Waals surface area contributed by atoms with Crippen LogP contribution in [-0.4, -0.2) is 112 Å². The first-order chi connectivity index (χ1) is 38.4. The Morgan fingerprint density at radius 2 is 1.14 bits per heavy atom. The van der Waals surface area contributed by atoms with E-state index in [1.807, 2.05) is 27.7 Å². The molecule has 0 bridgehead atoms. The van der Waals surface area contributed by atoms with Crippen LogP contribution in [0.3, 0.4) is 0 Å². The fraction of sp³-hybridized carbons (Fsp3) is 0.415. The highest BCUT2D eigenvalue weighted by Crippen LogP contribution is 2.45. The van der Waals surface area contributed by atoms with Crippen molar-refractivity contribution in [3.63, 3.8) is 0 Å². The normalized spacial score (nSPS) is 13.9. The molecule has 10 rings (SSSR count). The number of anilines is 2. The number of hydrogen-bond acceptors (Lipinski definition) is 22. The lowest BCUT2D eigenvalue weighted by Gasteiger charge is -2.18. The lowest BCUT2D eigenvalue weighted by molar-refractivity contribution is 0.392. The molecule has 2 saturated carbocycles. The van der Waals surface area contributed by atoms with Gasteiger partial charge in [0.15, 0.2) is 44.3 Å². The molecule has 2 aliphatic carbocycles. The van der Waals surface area contributed by atoms with Crippen molar-refractivity contribution in [1.82, 2.24) is 68.9 Å². The van der Waals surface area contributed by atoms with Crippen LogP contribution < -0.4 is 31.2 Å². The van der Waals surface area contributed by atoms with E-state index in [4.69, 9.17) is 26.1 Å². The van der Waals surface area contributed by atoms with Crippen LogP contribution in [0, 0.1) is 6.92 Å². The molecule has 0 saturated heterocycles. The van der Waals surface area contributed by atoms with Gasteiger partial charge in [0, 0.05) is 36.3 Å². The summed E-state index contributed by atoms with van der Waals surface area (Å²) in [6.07, 6.45) is 14.6. The molecule has 8 aromatic rings. The zero-order valence-corrected chi connectivity index (χ0v) is 48.9. The Morgan fingerprint density at radius 1 is 0.654 bits per heavy atom. The lowest BCUT2D eigenvalue weighted by atomic mass is 10.1. The Balaban J connectivity index is 0.000000197.